The summed E-state index contributed by atoms with van der Waals surface area (Å²) >= 11 is 6.14. The Bertz CT molecular complexity index is 684. The minimum atomic E-state index is -0.0975. The van der Waals surface area contributed by atoms with E-state index < -0.39 is 0 Å². The Kier molecular flexibility index (Phi) is 3.14. The first-order chi connectivity index (χ1) is 9.58. The molecular formula is C16H15ClN2O. The Labute approximate surface area is 123 Å². The number of hydrogen-bond acceptors (Lipinski definition) is 2. The van der Waals surface area contributed by atoms with Crippen LogP contribution >= 0.6 is 11.6 Å². The summed E-state index contributed by atoms with van der Waals surface area (Å²) in [6.45, 7) is 2.04. The van der Waals surface area contributed by atoms with Gasteiger partial charge in [0.15, 0.2) is 0 Å². The number of fused-ring (bicyclic) bond motifs is 1. The van der Waals surface area contributed by atoms with Crippen molar-refractivity contribution in [2.24, 2.45) is 0 Å². The fourth-order valence-electron chi connectivity index (χ4n) is 2.71. The predicted molar refractivity (Wildman–Crippen MR) is 82.3 cm³/mol. The minimum Gasteiger partial charge on any atom is -0.399 e. The lowest BCUT2D eigenvalue weighted by molar-refractivity contribution is 0.0981. The molecular weight excluding hydrogens is 272 g/mol. The van der Waals surface area contributed by atoms with Gasteiger partial charge in [0.1, 0.15) is 0 Å². The van der Waals surface area contributed by atoms with Crippen LogP contribution < -0.4 is 10.6 Å². The molecule has 3 nitrogen and oxygen atoms in total. The molecule has 0 aromatic heterocycles. The highest BCUT2D eigenvalue weighted by atomic mass is 35.5. The number of carbonyl (C=O) groups is 1. The van der Waals surface area contributed by atoms with Crippen LogP contribution in [0.1, 0.15) is 22.8 Å². The first-order valence-corrected chi connectivity index (χ1v) is 6.92. The molecule has 4 heteroatoms. The Hall–Kier alpha value is -2.00. The zero-order valence-corrected chi connectivity index (χ0v) is 11.9. The van der Waals surface area contributed by atoms with E-state index in [1.807, 2.05) is 25.1 Å². The Morgan fingerprint density at radius 1 is 1.30 bits per heavy atom. The number of anilines is 2. The van der Waals surface area contributed by atoms with Gasteiger partial charge in [0, 0.05) is 17.4 Å². The van der Waals surface area contributed by atoms with Gasteiger partial charge in [-0.2, -0.15) is 0 Å². The van der Waals surface area contributed by atoms with Gasteiger partial charge < -0.3 is 10.6 Å². The molecule has 102 valence electrons. The summed E-state index contributed by atoms with van der Waals surface area (Å²) in [6.07, 6.45) is 0.863. The number of para-hydroxylation sites is 1. The topological polar surface area (TPSA) is 46.3 Å². The van der Waals surface area contributed by atoms with Crippen LogP contribution in [-0.4, -0.2) is 11.9 Å². The van der Waals surface area contributed by atoms with Gasteiger partial charge in [-0.3, -0.25) is 4.79 Å². The molecule has 2 aromatic rings. The van der Waals surface area contributed by atoms with Gasteiger partial charge >= 0.3 is 0 Å². The van der Waals surface area contributed by atoms with E-state index >= 15 is 0 Å². The highest BCUT2D eigenvalue weighted by molar-refractivity contribution is 6.34. The number of nitrogen functional groups attached to an aromatic ring is 1. The zero-order valence-electron chi connectivity index (χ0n) is 11.1. The first kappa shape index (κ1) is 13.0. The molecule has 1 amide bonds. The summed E-state index contributed by atoms with van der Waals surface area (Å²) in [5.74, 6) is -0.0975. The number of carbonyl (C=O) groups excluding carboxylic acids is 1. The third-order valence-corrected chi connectivity index (χ3v) is 3.98. The van der Waals surface area contributed by atoms with Crippen LogP contribution in [0.3, 0.4) is 0 Å². The van der Waals surface area contributed by atoms with Crippen LogP contribution in [-0.2, 0) is 6.42 Å². The van der Waals surface area contributed by atoms with Crippen LogP contribution in [0.2, 0.25) is 5.02 Å². The van der Waals surface area contributed by atoms with E-state index in [1.54, 1.807) is 23.1 Å². The van der Waals surface area contributed by atoms with E-state index in [2.05, 4.69) is 6.07 Å². The Morgan fingerprint density at radius 3 is 2.85 bits per heavy atom. The smallest absolute Gasteiger partial charge is 0.260 e. The van der Waals surface area contributed by atoms with Gasteiger partial charge in [0.2, 0.25) is 0 Å². The number of halogens is 1. The van der Waals surface area contributed by atoms with Crippen LogP contribution in [0.4, 0.5) is 11.4 Å². The highest BCUT2D eigenvalue weighted by Gasteiger charge is 2.32. The van der Waals surface area contributed by atoms with Crippen molar-refractivity contribution in [3.63, 3.8) is 0 Å². The third-order valence-electron chi connectivity index (χ3n) is 3.65. The molecule has 0 bridgehead atoms. The van der Waals surface area contributed by atoms with Crippen molar-refractivity contribution >= 4 is 28.9 Å². The normalized spacial score (nSPS) is 17.1. The SMILES string of the molecule is CC1Cc2ccccc2N1C(=O)c1cc(N)ccc1Cl. The van der Waals surface area contributed by atoms with E-state index in [1.165, 1.54) is 5.56 Å². The largest absolute Gasteiger partial charge is 0.399 e. The maximum atomic E-state index is 12.8. The van der Waals surface area contributed by atoms with E-state index in [-0.39, 0.29) is 11.9 Å². The van der Waals surface area contributed by atoms with E-state index in [0.29, 0.717) is 16.3 Å². The maximum absolute atomic E-state index is 12.8. The van der Waals surface area contributed by atoms with Gasteiger partial charge in [-0.1, -0.05) is 29.8 Å². The molecule has 0 spiro atoms. The predicted octanol–water partition coefficient (Wildman–Crippen LogP) is 3.51. The monoisotopic (exact) mass is 286 g/mol. The molecule has 20 heavy (non-hydrogen) atoms. The summed E-state index contributed by atoms with van der Waals surface area (Å²) in [5, 5.41) is 0.431. The van der Waals surface area contributed by atoms with Crippen molar-refractivity contribution in [2.45, 2.75) is 19.4 Å². The maximum Gasteiger partial charge on any atom is 0.260 e. The molecule has 2 aromatic carbocycles. The minimum absolute atomic E-state index is 0.0975. The number of hydrogen-bond donors (Lipinski definition) is 1. The second kappa shape index (κ2) is 4.84. The molecule has 0 saturated carbocycles. The molecule has 3 rings (SSSR count). The van der Waals surface area contributed by atoms with Gasteiger partial charge in [0.25, 0.3) is 5.91 Å². The summed E-state index contributed by atoms with van der Waals surface area (Å²) in [5.41, 5.74) is 8.91. The summed E-state index contributed by atoms with van der Waals surface area (Å²) < 4.78 is 0. The van der Waals surface area contributed by atoms with Crippen molar-refractivity contribution < 1.29 is 4.79 Å². The molecule has 1 unspecified atom stereocenters. The first-order valence-electron chi connectivity index (χ1n) is 6.54. The molecule has 0 aliphatic carbocycles. The van der Waals surface area contributed by atoms with E-state index in [9.17, 15) is 4.79 Å². The standard InChI is InChI=1S/C16H15ClN2O/c1-10-8-11-4-2-3-5-15(11)19(10)16(20)13-9-12(18)6-7-14(13)17/h2-7,9-10H,8,18H2,1H3. The summed E-state index contributed by atoms with van der Waals surface area (Å²) in [6, 6.07) is 13.1. The third kappa shape index (κ3) is 2.04. The zero-order chi connectivity index (χ0) is 14.3. The number of amides is 1. The highest BCUT2D eigenvalue weighted by Crippen LogP contribution is 2.34. The van der Waals surface area contributed by atoms with Crippen molar-refractivity contribution in [1.82, 2.24) is 0 Å². The lowest BCUT2D eigenvalue weighted by Gasteiger charge is -2.23. The Balaban J connectivity index is 2.05. The lowest BCUT2D eigenvalue weighted by atomic mass is 10.1. The van der Waals surface area contributed by atoms with Crippen molar-refractivity contribution in [2.75, 3.05) is 10.6 Å². The van der Waals surface area contributed by atoms with Gasteiger partial charge in [-0.05, 0) is 43.2 Å². The molecule has 1 heterocycles. The lowest BCUT2D eigenvalue weighted by Crippen LogP contribution is -2.35. The second-order valence-electron chi connectivity index (χ2n) is 5.10. The number of nitrogens with two attached hydrogens (primary N) is 1. The fourth-order valence-corrected chi connectivity index (χ4v) is 2.91. The fraction of sp³-hybridized carbons (Fsp3) is 0.188. The van der Waals surface area contributed by atoms with Gasteiger partial charge in [-0.25, -0.2) is 0 Å². The number of benzene rings is 2. The molecule has 0 saturated heterocycles. The second-order valence-corrected chi connectivity index (χ2v) is 5.50. The van der Waals surface area contributed by atoms with Gasteiger partial charge in [0.05, 0.1) is 10.6 Å². The van der Waals surface area contributed by atoms with Crippen molar-refractivity contribution in [1.29, 1.82) is 0 Å². The number of rotatable bonds is 1. The molecule has 0 fully saturated rings. The van der Waals surface area contributed by atoms with Crippen molar-refractivity contribution in [3.05, 3.63) is 58.6 Å². The average molecular weight is 287 g/mol. The molecule has 2 N–H and O–H groups in total. The molecule has 0 radical (unpaired) electrons. The summed E-state index contributed by atoms with van der Waals surface area (Å²) in [4.78, 5) is 14.6. The molecule has 1 atom stereocenters. The van der Waals surface area contributed by atoms with E-state index in [4.69, 9.17) is 17.3 Å². The molecule has 1 aliphatic heterocycles. The number of nitrogens with zero attached hydrogens (tertiary/aromatic N) is 1. The van der Waals surface area contributed by atoms with Gasteiger partial charge in [-0.15, -0.1) is 0 Å². The van der Waals surface area contributed by atoms with Crippen molar-refractivity contribution in [3.8, 4) is 0 Å². The van der Waals surface area contributed by atoms with Crippen LogP contribution in [0.5, 0.6) is 0 Å². The Morgan fingerprint density at radius 2 is 2.05 bits per heavy atom. The quantitative estimate of drug-likeness (QED) is 0.816. The van der Waals surface area contributed by atoms with Crippen LogP contribution in [0.25, 0.3) is 0 Å². The average Bonchev–Trinajstić information content (AvgIpc) is 2.76. The summed E-state index contributed by atoms with van der Waals surface area (Å²) in [7, 11) is 0. The van der Waals surface area contributed by atoms with E-state index in [0.717, 1.165) is 12.1 Å². The van der Waals surface area contributed by atoms with Crippen LogP contribution in [0.15, 0.2) is 42.5 Å². The molecule has 1 aliphatic rings. The van der Waals surface area contributed by atoms with Crippen LogP contribution in [0, 0.1) is 0 Å².